The van der Waals surface area contributed by atoms with E-state index in [1.807, 2.05) is 36.4 Å². The normalized spacial score (nSPS) is 13.9. The van der Waals surface area contributed by atoms with Crippen LogP contribution in [0, 0.1) is 0 Å². The number of nitrogens with zero attached hydrogens (tertiary/aromatic N) is 5. The minimum Gasteiger partial charge on any atom is -0.361 e. The summed E-state index contributed by atoms with van der Waals surface area (Å²) >= 11 is 0. The topological polar surface area (TPSA) is 77.0 Å². The number of carbonyl (C=O) groups excluding carboxylic acids is 1. The van der Waals surface area contributed by atoms with Gasteiger partial charge in [-0.25, -0.2) is 4.68 Å². The van der Waals surface area contributed by atoms with Crippen LogP contribution < -0.4 is 0 Å². The van der Waals surface area contributed by atoms with E-state index in [2.05, 4.69) is 15.5 Å². The molecule has 0 radical (unpaired) electrons. The van der Waals surface area contributed by atoms with E-state index in [1.165, 1.54) is 0 Å². The van der Waals surface area contributed by atoms with Gasteiger partial charge < -0.3 is 9.42 Å². The number of hydrogen-bond acceptors (Lipinski definition) is 5. The Hall–Kier alpha value is -2.96. The molecule has 1 aromatic carbocycles. The summed E-state index contributed by atoms with van der Waals surface area (Å²) in [5.74, 6) is 1.23. The van der Waals surface area contributed by atoms with Crippen molar-refractivity contribution in [1.82, 2.24) is 25.1 Å². The molecule has 1 aliphatic carbocycles. The van der Waals surface area contributed by atoms with E-state index in [4.69, 9.17) is 4.52 Å². The monoisotopic (exact) mass is 323 g/mol. The van der Waals surface area contributed by atoms with E-state index in [0.717, 1.165) is 30.0 Å². The maximum absolute atomic E-state index is 12.5. The fraction of sp³-hybridized carbons (Fsp3) is 0.294. The maximum atomic E-state index is 12.5. The standard InChI is InChI=1S/C17H17N5O2/c1-21(10-13-9-16(24-19-13)12-7-8-12)17(23)15-11-22(20-18-15)14-5-3-2-4-6-14/h2-6,9,11-12H,7-8,10H2,1H3. The van der Waals surface area contributed by atoms with Gasteiger partial charge in [-0.15, -0.1) is 5.10 Å². The molecule has 0 atom stereocenters. The largest absolute Gasteiger partial charge is 0.361 e. The summed E-state index contributed by atoms with van der Waals surface area (Å²) in [5.41, 5.74) is 1.91. The highest BCUT2D eigenvalue weighted by molar-refractivity contribution is 5.91. The number of aromatic nitrogens is 4. The molecule has 122 valence electrons. The summed E-state index contributed by atoms with van der Waals surface area (Å²) in [6, 6.07) is 11.5. The van der Waals surface area contributed by atoms with E-state index in [0.29, 0.717) is 18.2 Å². The Bertz CT molecular complexity index is 851. The number of amides is 1. The van der Waals surface area contributed by atoms with Crippen molar-refractivity contribution in [3.8, 4) is 5.69 Å². The Kier molecular flexibility index (Phi) is 3.60. The smallest absolute Gasteiger partial charge is 0.276 e. The molecule has 2 aromatic heterocycles. The molecular formula is C17H17N5O2. The number of benzene rings is 1. The minimum absolute atomic E-state index is 0.201. The second-order valence-corrected chi connectivity index (χ2v) is 6.04. The van der Waals surface area contributed by atoms with Gasteiger partial charge in [-0.05, 0) is 25.0 Å². The summed E-state index contributed by atoms with van der Waals surface area (Å²) in [6.45, 7) is 0.382. The molecule has 2 heterocycles. The van der Waals surface area contributed by atoms with Crippen LogP contribution in [0.5, 0.6) is 0 Å². The van der Waals surface area contributed by atoms with Crippen molar-refractivity contribution in [2.45, 2.75) is 25.3 Å². The average molecular weight is 323 g/mol. The molecule has 7 heteroatoms. The van der Waals surface area contributed by atoms with Gasteiger partial charge in [-0.1, -0.05) is 28.6 Å². The Balaban J connectivity index is 1.45. The molecule has 0 unspecified atom stereocenters. The van der Waals surface area contributed by atoms with Gasteiger partial charge in [0.25, 0.3) is 5.91 Å². The zero-order valence-corrected chi connectivity index (χ0v) is 13.3. The number of para-hydroxylation sites is 1. The zero-order chi connectivity index (χ0) is 16.5. The van der Waals surface area contributed by atoms with Gasteiger partial charge in [0, 0.05) is 19.0 Å². The lowest BCUT2D eigenvalue weighted by Gasteiger charge is -2.13. The fourth-order valence-electron chi connectivity index (χ4n) is 2.54. The molecule has 0 spiro atoms. The molecule has 0 aliphatic heterocycles. The lowest BCUT2D eigenvalue weighted by molar-refractivity contribution is 0.0776. The van der Waals surface area contributed by atoms with Gasteiger partial charge >= 0.3 is 0 Å². The van der Waals surface area contributed by atoms with Crippen LogP contribution >= 0.6 is 0 Å². The van der Waals surface area contributed by atoms with Crippen LogP contribution in [-0.4, -0.2) is 38.0 Å². The predicted octanol–water partition coefficient (Wildman–Crippen LogP) is 2.40. The van der Waals surface area contributed by atoms with Crippen molar-refractivity contribution in [1.29, 1.82) is 0 Å². The quantitative estimate of drug-likeness (QED) is 0.720. The predicted molar refractivity (Wildman–Crippen MR) is 85.6 cm³/mol. The highest BCUT2D eigenvalue weighted by Crippen LogP contribution is 2.40. The first kappa shape index (κ1) is 14.6. The molecule has 7 nitrogen and oxygen atoms in total. The third-order valence-electron chi connectivity index (χ3n) is 4.04. The Morgan fingerprint density at radius 1 is 1.33 bits per heavy atom. The van der Waals surface area contributed by atoms with Crippen LogP contribution in [0.15, 0.2) is 47.1 Å². The minimum atomic E-state index is -0.201. The van der Waals surface area contributed by atoms with E-state index in [9.17, 15) is 4.79 Å². The molecular weight excluding hydrogens is 306 g/mol. The summed E-state index contributed by atoms with van der Waals surface area (Å²) < 4.78 is 6.90. The molecule has 1 aliphatic rings. The van der Waals surface area contributed by atoms with Crippen molar-refractivity contribution < 1.29 is 9.32 Å². The van der Waals surface area contributed by atoms with Gasteiger partial charge in [-0.3, -0.25) is 4.79 Å². The lowest BCUT2D eigenvalue weighted by atomic mass is 10.2. The van der Waals surface area contributed by atoms with E-state index in [-0.39, 0.29) is 5.91 Å². The summed E-state index contributed by atoms with van der Waals surface area (Å²) in [5, 5.41) is 12.0. The van der Waals surface area contributed by atoms with Crippen molar-refractivity contribution in [3.05, 3.63) is 59.7 Å². The first-order chi connectivity index (χ1) is 11.7. The van der Waals surface area contributed by atoms with Crippen LogP contribution in [0.25, 0.3) is 5.69 Å². The molecule has 1 amide bonds. The van der Waals surface area contributed by atoms with Crippen molar-refractivity contribution in [2.24, 2.45) is 0 Å². The fourth-order valence-corrected chi connectivity index (χ4v) is 2.54. The third kappa shape index (κ3) is 2.92. The zero-order valence-electron chi connectivity index (χ0n) is 13.3. The van der Waals surface area contributed by atoms with Crippen LogP contribution in [-0.2, 0) is 6.54 Å². The van der Waals surface area contributed by atoms with Gasteiger partial charge in [-0.2, -0.15) is 0 Å². The van der Waals surface area contributed by atoms with Crippen LogP contribution in [0.3, 0.4) is 0 Å². The van der Waals surface area contributed by atoms with Crippen LogP contribution in [0.1, 0.15) is 40.7 Å². The van der Waals surface area contributed by atoms with Gasteiger partial charge in [0.1, 0.15) is 11.5 Å². The highest BCUT2D eigenvalue weighted by Gasteiger charge is 2.28. The summed E-state index contributed by atoms with van der Waals surface area (Å²) in [4.78, 5) is 14.1. The Morgan fingerprint density at radius 2 is 2.12 bits per heavy atom. The average Bonchev–Trinajstić information content (AvgIpc) is 3.16. The van der Waals surface area contributed by atoms with Crippen LogP contribution in [0.2, 0.25) is 0 Å². The number of hydrogen-bond donors (Lipinski definition) is 0. The summed E-state index contributed by atoms with van der Waals surface area (Å²) in [7, 11) is 1.72. The van der Waals surface area contributed by atoms with Crippen molar-refractivity contribution >= 4 is 5.91 Å². The first-order valence-corrected chi connectivity index (χ1v) is 7.89. The van der Waals surface area contributed by atoms with E-state index < -0.39 is 0 Å². The molecule has 0 N–H and O–H groups in total. The molecule has 24 heavy (non-hydrogen) atoms. The molecule has 1 saturated carbocycles. The van der Waals surface area contributed by atoms with Crippen molar-refractivity contribution in [2.75, 3.05) is 7.05 Å². The number of rotatable bonds is 5. The second kappa shape index (κ2) is 5.92. The maximum Gasteiger partial charge on any atom is 0.276 e. The molecule has 0 saturated heterocycles. The van der Waals surface area contributed by atoms with Gasteiger partial charge in [0.05, 0.1) is 18.4 Å². The van der Waals surface area contributed by atoms with Gasteiger partial charge in [0.2, 0.25) is 0 Å². The Morgan fingerprint density at radius 3 is 2.88 bits per heavy atom. The van der Waals surface area contributed by atoms with Crippen LogP contribution in [0.4, 0.5) is 0 Å². The van der Waals surface area contributed by atoms with Gasteiger partial charge in [0.15, 0.2) is 5.69 Å². The Labute approximate surface area is 138 Å². The molecule has 0 bridgehead atoms. The molecule has 3 aromatic rings. The third-order valence-corrected chi connectivity index (χ3v) is 4.04. The second-order valence-electron chi connectivity index (χ2n) is 6.04. The first-order valence-electron chi connectivity index (χ1n) is 7.89. The lowest BCUT2D eigenvalue weighted by Crippen LogP contribution is -2.26. The molecule has 4 rings (SSSR count). The highest BCUT2D eigenvalue weighted by atomic mass is 16.5. The molecule has 1 fully saturated rings. The van der Waals surface area contributed by atoms with Crippen molar-refractivity contribution in [3.63, 3.8) is 0 Å². The summed E-state index contributed by atoms with van der Waals surface area (Å²) in [6.07, 6.45) is 3.95. The van der Waals surface area contributed by atoms with E-state index >= 15 is 0 Å². The van der Waals surface area contributed by atoms with E-state index in [1.54, 1.807) is 22.8 Å². The SMILES string of the molecule is CN(Cc1cc(C2CC2)on1)C(=O)c1cn(-c2ccccc2)nn1. The number of carbonyl (C=O) groups is 1.